The summed E-state index contributed by atoms with van der Waals surface area (Å²) in [5.41, 5.74) is 5.27. The molecule has 1 aromatic heterocycles. The van der Waals surface area contributed by atoms with Gasteiger partial charge in [-0.05, 0) is 50.8 Å². The second kappa shape index (κ2) is 6.66. The summed E-state index contributed by atoms with van der Waals surface area (Å²) in [6.45, 7) is 8.70. The van der Waals surface area contributed by atoms with Crippen molar-refractivity contribution in [2.45, 2.75) is 59.0 Å². The molecule has 0 spiro atoms. The van der Waals surface area contributed by atoms with E-state index in [-0.39, 0.29) is 0 Å². The van der Waals surface area contributed by atoms with Crippen LogP contribution in [0.4, 0.5) is 0 Å². The van der Waals surface area contributed by atoms with Gasteiger partial charge < -0.3 is 4.52 Å². The first-order valence-corrected chi connectivity index (χ1v) is 8.43. The Labute approximate surface area is 133 Å². The Bertz CT molecular complexity index is 632. The monoisotopic (exact) mass is 298 g/mol. The number of benzene rings is 1. The first kappa shape index (κ1) is 15.3. The van der Waals surface area contributed by atoms with Crippen molar-refractivity contribution in [1.82, 2.24) is 10.1 Å². The molecule has 3 heteroatoms. The maximum absolute atomic E-state index is 5.48. The average molecular weight is 298 g/mol. The molecule has 0 N–H and O–H groups in total. The fourth-order valence-electron chi connectivity index (χ4n) is 3.39. The van der Waals surface area contributed by atoms with Gasteiger partial charge in [-0.15, -0.1) is 0 Å². The summed E-state index contributed by atoms with van der Waals surface area (Å²) in [5, 5.41) is 4.33. The molecule has 0 radical (unpaired) electrons. The van der Waals surface area contributed by atoms with E-state index in [2.05, 4.69) is 55.1 Å². The minimum Gasteiger partial charge on any atom is -0.361 e. The molecule has 2 heterocycles. The lowest BCUT2D eigenvalue weighted by Crippen LogP contribution is -2.23. The molecule has 0 aliphatic carbocycles. The molecule has 118 valence electrons. The Morgan fingerprint density at radius 2 is 2.14 bits per heavy atom. The van der Waals surface area contributed by atoms with Crippen molar-refractivity contribution in [2.75, 3.05) is 6.54 Å². The molecule has 1 atom stereocenters. The largest absolute Gasteiger partial charge is 0.361 e. The highest BCUT2D eigenvalue weighted by atomic mass is 16.5. The second-order valence-corrected chi connectivity index (χ2v) is 6.53. The Morgan fingerprint density at radius 1 is 1.27 bits per heavy atom. The number of nitrogens with zero attached hydrogens (tertiary/aromatic N) is 2. The lowest BCUT2D eigenvalue weighted by molar-refractivity contribution is 0.236. The van der Waals surface area contributed by atoms with Crippen LogP contribution >= 0.6 is 0 Å². The summed E-state index contributed by atoms with van der Waals surface area (Å²) in [6, 6.07) is 9.31. The quantitative estimate of drug-likeness (QED) is 0.809. The van der Waals surface area contributed by atoms with Gasteiger partial charge >= 0.3 is 0 Å². The molecule has 1 fully saturated rings. The van der Waals surface area contributed by atoms with E-state index in [4.69, 9.17) is 4.52 Å². The van der Waals surface area contributed by atoms with Gasteiger partial charge in [-0.2, -0.15) is 0 Å². The van der Waals surface area contributed by atoms with Crippen molar-refractivity contribution >= 4 is 0 Å². The third-order valence-electron chi connectivity index (χ3n) is 4.66. The van der Waals surface area contributed by atoms with Gasteiger partial charge in [0.05, 0.1) is 6.04 Å². The van der Waals surface area contributed by atoms with Gasteiger partial charge in [0.1, 0.15) is 11.5 Å². The second-order valence-electron chi connectivity index (χ2n) is 6.53. The van der Waals surface area contributed by atoms with E-state index in [1.54, 1.807) is 0 Å². The lowest BCUT2D eigenvalue weighted by atomic mass is 10.0. The van der Waals surface area contributed by atoms with Crippen LogP contribution in [0.3, 0.4) is 0 Å². The van der Waals surface area contributed by atoms with Crippen molar-refractivity contribution in [3.05, 3.63) is 52.4 Å². The number of aryl methyl sites for hydroxylation is 3. The van der Waals surface area contributed by atoms with Crippen LogP contribution in [0.1, 0.15) is 60.4 Å². The zero-order valence-electron chi connectivity index (χ0n) is 13.9. The fourth-order valence-corrected chi connectivity index (χ4v) is 3.39. The topological polar surface area (TPSA) is 29.3 Å². The lowest BCUT2D eigenvalue weighted by Gasteiger charge is -2.23. The molecular formula is C19H26N2O. The highest BCUT2D eigenvalue weighted by Crippen LogP contribution is 2.33. The smallest absolute Gasteiger partial charge is 0.137 e. The van der Waals surface area contributed by atoms with E-state index in [9.17, 15) is 0 Å². The Hall–Kier alpha value is -1.61. The van der Waals surface area contributed by atoms with Crippen molar-refractivity contribution in [1.29, 1.82) is 0 Å². The maximum Gasteiger partial charge on any atom is 0.137 e. The first-order valence-electron chi connectivity index (χ1n) is 8.43. The van der Waals surface area contributed by atoms with Gasteiger partial charge in [0.15, 0.2) is 0 Å². The van der Waals surface area contributed by atoms with Crippen LogP contribution < -0.4 is 0 Å². The van der Waals surface area contributed by atoms with Gasteiger partial charge in [-0.1, -0.05) is 35.8 Å². The molecule has 2 aromatic rings. The van der Waals surface area contributed by atoms with Crippen molar-refractivity contribution in [3.8, 4) is 0 Å². The van der Waals surface area contributed by atoms with Crippen LogP contribution in [-0.2, 0) is 13.0 Å². The van der Waals surface area contributed by atoms with Crippen molar-refractivity contribution in [2.24, 2.45) is 0 Å². The van der Waals surface area contributed by atoms with Gasteiger partial charge in [-0.25, -0.2) is 0 Å². The van der Waals surface area contributed by atoms with E-state index in [0.717, 1.165) is 37.4 Å². The normalized spacial score (nSPS) is 19.0. The number of rotatable bonds is 5. The van der Waals surface area contributed by atoms with Crippen LogP contribution in [0.15, 0.2) is 28.8 Å². The van der Waals surface area contributed by atoms with Gasteiger partial charge in [0.25, 0.3) is 0 Å². The summed E-state index contributed by atoms with van der Waals surface area (Å²) in [4.78, 5) is 2.55. The molecule has 22 heavy (non-hydrogen) atoms. The van der Waals surface area contributed by atoms with Crippen LogP contribution in [-0.4, -0.2) is 16.6 Å². The number of hydrogen-bond acceptors (Lipinski definition) is 3. The van der Waals surface area contributed by atoms with E-state index >= 15 is 0 Å². The third-order valence-corrected chi connectivity index (χ3v) is 4.66. The van der Waals surface area contributed by atoms with Gasteiger partial charge in [0.2, 0.25) is 0 Å². The van der Waals surface area contributed by atoms with Crippen molar-refractivity contribution < 1.29 is 4.52 Å². The van der Waals surface area contributed by atoms with Crippen molar-refractivity contribution in [3.63, 3.8) is 0 Å². The standard InChI is InChI=1S/C19H26N2O/c1-4-6-17-12-18(20-22-17)19-7-5-10-21(19)13-16-11-14(2)8-9-15(16)3/h8-9,11-12,19H,4-7,10,13H2,1-3H3/t19-/m1/s1. The first-order chi connectivity index (χ1) is 10.7. The summed E-state index contributed by atoms with van der Waals surface area (Å²) in [7, 11) is 0. The van der Waals surface area contributed by atoms with E-state index in [1.807, 2.05) is 0 Å². The summed E-state index contributed by atoms with van der Waals surface area (Å²) >= 11 is 0. The van der Waals surface area contributed by atoms with E-state index < -0.39 is 0 Å². The number of likely N-dealkylation sites (tertiary alicyclic amines) is 1. The molecule has 1 aromatic carbocycles. The fraction of sp³-hybridized carbons (Fsp3) is 0.526. The molecule has 1 aliphatic rings. The van der Waals surface area contributed by atoms with Crippen LogP contribution in [0, 0.1) is 13.8 Å². The maximum atomic E-state index is 5.48. The molecule has 0 unspecified atom stereocenters. The molecule has 0 saturated carbocycles. The highest BCUT2D eigenvalue weighted by molar-refractivity contribution is 5.30. The summed E-state index contributed by atoms with van der Waals surface area (Å²) in [5.74, 6) is 1.02. The van der Waals surface area contributed by atoms with Gasteiger partial charge in [-0.3, -0.25) is 4.90 Å². The molecule has 3 nitrogen and oxygen atoms in total. The minimum absolute atomic E-state index is 0.411. The zero-order valence-corrected chi connectivity index (χ0v) is 13.9. The van der Waals surface area contributed by atoms with Crippen LogP contribution in [0.5, 0.6) is 0 Å². The van der Waals surface area contributed by atoms with E-state index in [1.165, 1.54) is 29.5 Å². The van der Waals surface area contributed by atoms with Crippen LogP contribution in [0.2, 0.25) is 0 Å². The average Bonchev–Trinajstić information content (AvgIpc) is 3.12. The minimum atomic E-state index is 0.411. The molecule has 1 saturated heterocycles. The number of aromatic nitrogens is 1. The summed E-state index contributed by atoms with van der Waals surface area (Å²) in [6.07, 6.45) is 4.51. The molecule has 0 amide bonds. The predicted molar refractivity (Wildman–Crippen MR) is 88.8 cm³/mol. The summed E-state index contributed by atoms with van der Waals surface area (Å²) < 4.78 is 5.48. The molecule has 0 bridgehead atoms. The predicted octanol–water partition coefficient (Wildman–Crippen LogP) is 4.58. The highest BCUT2D eigenvalue weighted by Gasteiger charge is 2.28. The third kappa shape index (κ3) is 3.25. The number of hydrogen-bond donors (Lipinski definition) is 0. The zero-order chi connectivity index (χ0) is 15.5. The SMILES string of the molecule is CCCc1cc([C@H]2CCCN2Cc2cc(C)ccc2C)no1. The Morgan fingerprint density at radius 3 is 2.95 bits per heavy atom. The Kier molecular flexibility index (Phi) is 4.63. The molecule has 3 rings (SSSR count). The molecular weight excluding hydrogens is 272 g/mol. The van der Waals surface area contributed by atoms with Crippen LogP contribution in [0.25, 0.3) is 0 Å². The van der Waals surface area contributed by atoms with Gasteiger partial charge in [0, 0.05) is 19.0 Å². The van der Waals surface area contributed by atoms with E-state index in [0.29, 0.717) is 6.04 Å². The Balaban J connectivity index is 1.76. The molecule has 1 aliphatic heterocycles.